The summed E-state index contributed by atoms with van der Waals surface area (Å²) >= 11 is 5.96. The minimum Gasteiger partial charge on any atom is -0.296 e. The molecule has 0 aromatic heterocycles. The maximum atomic E-state index is 12.7. The third-order valence-electron chi connectivity index (χ3n) is 3.37. The molecule has 0 radical (unpaired) electrons. The lowest BCUT2D eigenvalue weighted by Crippen LogP contribution is -2.36. The Morgan fingerprint density at radius 1 is 1.28 bits per heavy atom. The molecule has 18 heavy (non-hydrogen) atoms. The van der Waals surface area contributed by atoms with Crippen LogP contribution in [0.25, 0.3) is 0 Å². The fourth-order valence-electron chi connectivity index (χ4n) is 2.27. The molecule has 1 aliphatic rings. The van der Waals surface area contributed by atoms with Crippen molar-refractivity contribution in [2.75, 3.05) is 6.54 Å². The lowest BCUT2D eigenvalue weighted by Gasteiger charge is -2.32. The number of benzene rings is 1. The fourth-order valence-corrected chi connectivity index (χ4v) is 2.61. The first-order valence-electron chi connectivity index (χ1n) is 5.91. The molecular weight excluding hydrogens is 263 g/mol. The number of halogens is 4. The Kier molecular flexibility index (Phi) is 3.60. The zero-order chi connectivity index (χ0) is 13.5. The van der Waals surface area contributed by atoms with E-state index in [9.17, 15) is 13.2 Å². The summed E-state index contributed by atoms with van der Waals surface area (Å²) in [6, 6.07) is 2.59. The molecule has 1 aromatic rings. The Morgan fingerprint density at radius 3 is 2.50 bits per heavy atom. The van der Waals surface area contributed by atoms with Crippen LogP contribution >= 0.6 is 11.6 Å². The van der Waals surface area contributed by atoms with Gasteiger partial charge in [-0.2, -0.15) is 13.2 Å². The van der Waals surface area contributed by atoms with Crippen LogP contribution in [0.15, 0.2) is 12.1 Å². The van der Waals surface area contributed by atoms with Crippen molar-refractivity contribution in [2.45, 2.75) is 39.0 Å². The van der Waals surface area contributed by atoms with Crippen LogP contribution in [0.2, 0.25) is 5.02 Å². The second kappa shape index (κ2) is 4.74. The first-order valence-corrected chi connectivity index (χ1v) is 6.29. The van der Waals surface area contributed by atoms with E-state index in [0.717, 1.165) is 18.2 Å². The van der Waals surface area contributed by atoms with Gasteiger partial charge in [0, 0.05) is 24.2 Å². The molecule has 100 valence electrons. The smallest absolute Gasteiger partial charge is 0.296 e. The normalized spacial score (nSPS) is 17.1. The summed E-state index contributed by atoms with van der Waals surface area (Å²) in [6.07, 6.45) is -3.62. The lowest BCUT2D eigenvalue weighted by molar-refractivity contribution is -0.137. The van der Waals surface area contributed by atoms with Gasteiger partial charge >= 0.3 is 6.18 Å². The van der Waals surface area contributed by atoms with E-state index in [4.69, 9.17) is 11.6 Å². The molecule has 0 N–H and O–H groups in total. The Balaban J connectivity index is 2.40. The molecule has 1 nitrogen and oxygen atoms in total. The topological polar surface area (TPSA) is 3.24 Å². The van der Waals surface area contributed by atoms with Crippen LogP contribution in [0.3, 0.4) is 0 Å². The van der Waals surface area contributed by atoms with Crippen molar-refractivity contribution in [3.63, 3.8) is 0 Å². The molecule has 0 fully saturated rings. The average Bonchev–Trinajstić information content (AvgIpc) is 2.26. The monoisotopic (exact) mass is 277 g/mol. The molecule has 0 bridgehead atoms. The molecule has 0 amide bonds. The highest BCUT2D eigenvalue weighted by atomic mass is 35.5. The van der Waals surface area contributed by atoms with E-state index in [1.807, 2.05) is 13.8 Å². The van der Waals surface area contributed by atoms with Gasteiger partial charge in [0.15, 0.2) is 0 Å². The number of hydrogen-bond acceptors (Lipinski definition) is 1. The molecule has 0 saturated carbocycles. The van der Waals surface area contributed by atoms with Gasteiger partial charge in [-0.25, -0.2) is 0 Å². The Hall–Kier alpha value is -0.740. The van der Waals surface area contributed by atoms with Crippen LogP contribution < -0.4 is 0 Å². The standard InChI is InChI=1S/C13H15ClF3N/c1-8(2)18-4-3-11-9(7-18)5-10(6-12(11)14)13(15,16)17/h5-6,8H,3-4,7H2,1-2H3. The molecule has 0 unspecified atom stereocenters. The number of nitrogens with zero attached hydrogens (tertiary/aromatic N) is 1. The molecule has 5 heteroatoms. The van der Waals surface area contributed by atoms with Gasteiger partial charge in [-0.15, -0.1) is 0 Å². The maximum Gasteiger partial charge on any atom is 0.416 e. The van der Waals surface area contributed by atoms with Crippen molar-refractivity contribution in [3.05, 3.63) is 33.8 Å². The van der Waals surface area contributed by atoms with Gasteiger partial charge in [0.2, 0.25) is 0 Å². The van der Waals surface area contributed by atoms with Crippen LogP contribution in [0.4, 0.5) is 13.2 Å². The molecule has 0 spiro atoms. The highest BCUT2D eigenvalue weighted by molar-refractivity contribution is 6.31. The van der Waals surface area contributed by atoms with Crippen molar-refractivity contribution in [1.82, 2.24) is 4.90 Å². The number of alkyl halides is 3. The minimum atomic E-state index is -4.33. The SMILES string of the molecule is CC(C)N1CCc2c(Cl)cc(C(F)(F)F)cc2C1. The second-order valence-electron chi connectivity index (χ2n) is 4.91. The number of hydrogen-bond donors (Lipinski definition) is 0. The Labute approximate surface area is 110 Å². The van der Waals surface area contributed by atoms with Crippen LogP contribution in [-0.2, 0) is 19.1 Å². The van der Waals surface area contributed by atoms with E-state index in [1.165, 1.54) is 6.07 Å². The van der Waals surface area contributed by atoms with Crippen LogP contribution in [0, 0.1) is 0 Å². The summed E-state index contributed by atoms with van der Waals surface area (Å²) in [5.74, 6) is 0. The largest absolute Gasteiger partial charge is 0.416 e. The van der Waals surface area contributed by atoms with Crippen LogP contribution in [-0.4, -0.2) is 17.5 Å². The molecule has 0 aliphatic carbocycles. The highest BCUT2D eigenvalue weighted by Crippen LogP contribution is 2.36. The van der Waals surface area contributed by atoms with Gasteiger partial charge in [0.05, 0.1) is 5.56 Å². The first-order chi connectivity index (χ1) is 8.29. The van der Waals surface area contributed by atoms with Crippen molar-refractivity contribution >= 4 is 11.6 Å². The van der Waals surface area contributed by atoms with Crippen molar-refractivity contribution in [2.24, 2.45) is 0 Å². The quantitative estimate of drug-likeness (QED) is 0.746. The van der Waals surface area contributed by atoms with E-state index in [2.05, 4.69) is 4.90 Å². The molecule has 1 aromatic carbocycles. The Bertz CT molecular complexity index is 454. The predicted octanol–water partition coefficient (Wildman–Crippen LogP) is 4.13. The van der Waals surface area contributed by atoms with Gasteiger partial charge in [-0.3, -0.25) is 4.90 Å². The first kappa shape index (κ1) is 13.7. The van der Waals surface area contributed by atoms with Gasteiger partial charge < -0.3 is 0 Å². The summed E-state index contributed by atoms with van der Waals surface area (Å²) in [5, 5.41) is 0.239. The van der Waals surface area contributed by atoms with Gasteiger partial charge in [-0.1, -0.05) is 11.6 Å². The molecule has 1 heterocycles. The summed E-state index contributed by atoms with van der Waals surface area (Å²) in [4.78, 5) is 2.15. The zero-order valence-corrected chi connectivity index (χ0v) is 11.1. The van der Waals surface area contributed by atoms with Crippen molar-refractivity contribution in [3.8, 4) is 0 Å². The van der Waals surface area contributed by atoms with Gasteiger partial charge in [-0.05, 0) is 43.5 Å². The van der Waals surface area contributed by atoms with Crippen LogP contribution in [0.5, 0.6) is 0 Å². The van der Waals surface area contributed by atoms with Gasteiger partial charge in [0.25, 0.3) is 0 Å². The summed E-state index contributed by atoms with van der Waals surface area (Å²) < 4.78 is 38.2. The predicted molar refractivity (Wildman–Crippen MR) is 65.7 cm³/mol. The van der Waals surface area contributed by atoms with E-state index >= 15 is 0 Å². The number of fused-ring (bicyclic) bond motifs is 1. The van der Waals surface area contributed by atoms with E-state index in [1.54, 1.807) is 0 Å². The van der Waals surface area contributed by atoms with Crippen LogP contribution in [0.1, 0.15) is 30.5 Å². The molecular formula is C13H15ClF3N. The minimum absolute atomic E-state index is 0.239. The maximum absolute atomic E-state index is 12.7. The average molecular weight is 278 g/mol. The molecule has 0 saturated heterocycles. The van der Waals surface area contributed by atoms with E-state index < -0.39 is 11.7 Å². The van der Waals surface area contributed by atoms with Crippen molar-refractivity contribution in [1.29, 1.82) is 0 Å². The third kappa shape index (κ3) is 2.64. The molecule has 2 rings (SSSR count). The van der Waals surface area contributed by atoms with E-state index in [0.29, 0.717) is 24.6 Å². The second-order valence-corrected chi connectivity index (χ2v) is 5.31. The van der Waals surface area contributed by atoms with Crippen molar-refractivity contribution < 1.29 is 13.2 Å². The summed E-state index contributed by atoms with van der Waals surface area (Å²) in [7, 11) is 0. The third-order valence-corrected chi connectivity index (χ3v) is 3.71. The molecule has 1 aliphatic heterocycles. The zero-order valence-electron chi connectivity index (χ0n) is 10.3. The summed E-state index contributed by atoms with van der Waals surface area (Å²) in [5.41, 5.74) is 0.910. The fraction of sp³-hybridized carbons (Fsp3) is 0.538. The number of rotatable bonds is 1. The van der Waals surface area contributed by atoms with E-state index in [-0.39, 0.29) is 5.02 Å². The summed E-state index contributed by atoms with van der Waals surface area (Å²) in [6.45, 7) is 5.47. The Morgan fingerprint density at radius 2 is 1.94 bits per heavy atom. The lowest BCUT2D eigenvalue weighted by atomic mass is 9.96. The molecule has 0 atom stereocenters. The van der Waals surface area contributed by atoms with Gasteiger partial charge in [0.1, 0.15) is 0 Å². The highest BCUT2D eigenvalue weighted by Gasteiger charge is 2.33.